The molecule has 2 aromatic heterocycles. The minimum Gasteiger partial charge on any atom is -0.406 e. The number of thiophene rings is 1. The molecule has 0 fully saturated rings. The molecule has 0 aliphatic carbocycles. The zero-order chi connectivity index (χ0) is 19.5. The first-order chi connectivity index (χ1) is 12.7. The molecule has 2 heterocycles. The molecule has 27 heavy (non-hydrogen) atoms. The highest BCUT2D eigenvalue weighted by atomic mass is 32.2. The number of benzene rings is 1. The van der Waals surface area contributed by atoms with Crippen molar-refractivity contribution in [3.05, 3.63) is 53.4 Å². The van der Waals surface area contributed by atoms with Crippen LogP contribution in [0.1, 0.15) is 0 Å². The number of rotatable bonds is 7. The number of nitrogens with one attached hydrogen (secondary N) is 1. The number of aromatic nitrogens is 2. The first-order valence-electron chi connectivity index (χ1n) is 7.64. The molecule has 0 aliphatic rings. The van der Waals surface area contributed by atoms with Gasteiger partial charge in [0.15, 0.2) is 0 Å². The molecule has 0 amide bonds. The molecule has 0 atom stereocenters. The Bertz CT molecular complexity index is 982. The Kier molecular flexibility index (Phi) is 5.53. The lowest BCUT2D eigenvalue weighted by atomic mass is 10.2. The Morgan fingerprint density at radius 1 is 1.15 bits per heavy atom. The summed E-state index contributed by atoms with van der Waals surface area (Å²) in [6, 6.07) is 7.76. The Morgan fingerprint density at radius 2 is 1.89 bits per heavy atom. The summed E-state index contributed by atoms with van der Waals surface area (Å²) in [5, 5.41) is 8.25. The molecular weight excluding hydrogens is 403 g/mol. The van der Waals surface area contributed by atoms with Gasteiger partial charge in [-0.1, -0.05) is 0 Å². The van der Waals surface area contributed by atoms with Gasteiger partial charge in [-0.3, -0.25) is 4.68 Å². The van der Waals surface area contributed by atoms with Gasteiger partial charge in [-0.25, -0.2) is 13.1 Å². The van der Waals surface area contributed by atoms with E-state index in [1.54, 1.807) is 22.2 Å². The maximum atomic E-state index is 12.2. The van der Waals surface area contributed by atoms with Gasteiger partial charge in [0.2, 0.25) is 10.0 Å². The van der Waals surface area contributed by atoms with Gasteiger partial charge in [0.05, 0.1) is 17.1 Å². The van der Waals surface area contributed by atoms with Crippen molar-refractivity contribution >= 4 is 21.4 Å². The van der Waals surface area contributed by atoms with Gasteiger partial charge in [0, 0.05) is 23.7 Å². The second kappa shape index (κ2) is 7.71. The third kappa shape index (κ3) is 5.31. The van der Waals surface area contributed by atoms with Crippen molar-refractivity contribution in [1.82, 2.24) is 14.5 Å². The highest BCUT2D eigenvalue weighted by Gasteiger charge is 2.31. The fourth-order valence-corrected chi connectivity index (χ4v) is 3.92. The highest BCUT2D eigenvalue weighted by molar-refractivity contribution is 7.89. The largest absolute Gasteiger partial charge is 0.573 e. The predicted octanol–water partition coefficient (Wildman–Crippen LogP) is 3.49. The Morgan fingerprint density at radius 3 is 2.52 bits per heavy atom. The van der Waals surface area contributed by atoms with Crippen LogP contribution in [0.15, 0.2) is 58.3 Å². The van der Waals surface area contributed by atoms with Crippen molar-refractivity contribution < 1.29 is 26.3 Å². The van der Waals surface area contributed by atoms with Gasteiger partial charge >= 0.3 is 6.36 Å². The fraction of sp³-hybridized carbons (Fsp3) is 0.188. The van der Waals surface area contributed by atoms with E-state index in [-0.39, 0.29) is 11.4 Å². The maximum absolute atomic E-state index is 12.2. The van der Waals surface area contributed by atoms with Gasteiger partial charge in [0.25, 0.3) is 0 Å². The number of nitrogens with zero attached hydrogens (tertiary/aromatic N) is 2. The molecular formula is C16H14F3N3O3S2. The van der Waals surface area contributed by atoms with Crippen molar-refractivity contribution in [2.45, 2.75) is 17.8 Å². The Labute approximate surface area is 157 Å². The summed E-state index contributed by atoms with van der Waals surface area (Å²) in [5.74, 6) is -0.487. The van der Waals surface area contributed by atoms with Gasteiger partial charge in [-0.15, -0.1) is 13.2 Å². The number of alkyl halides is 3. The van der Waals surface area contributed by atoms with E-state index in [9.17, 15) is 21.6 Å². The van der Waals surface area contributed by atoms with Crippen molar-refractivity contribution in [1.29, 1.82) is 0 Å². The van der Waals surface area contributed by atoms with Crippen LogP contribution in [-0.2, 0) is 16.6 Å². The molecule has 0 unspecified atom stereocenters. The fourth-order valence-electron chi connectivity index (χ4n) is 2.25. The second-order valence-corrected chi connectivity index (χ2v) is 7.94. The quantitative estimate of drug-likeness (QED) is 0.639. The number of ether oxygens (including phenoxy) is 1. The summed E-state index contributed by atoms with van der Waals surface area (Å²) in [5.41, 5.74) is 1.78. The molecule has 0 radical (unpaired) electrons. The minimum atomic E-state index is -4.83. The summed E-state index contributed by atoms with van der Waals surface area (Å²) in [4.78, 5) is -0.156. The summed E-state index contributed by atoms with van der Waals surface area (Å²) in [7, 11) is -3.85. The van der Waals surface area contributed by atoms with E-state index in [1.165, 1.54) is 0 Å². The monoisotopic (exact) mass is 417 g/mol. The predicted molar refractivity (Wildman–Crippen MR) is 93.9 cm³/mol. The smallest absolute Gasteiger partial charge is 0.406 e. The molecule has 3 aromatic rings. The van der Waals surface area contributed by atoms with Crippen molar-refractivity contribution in [3.8, 4) is 17.0 Å². The van der Waals surface area contributed by atoms with Gasteiger partial charge in [-0.2, -0.15) is 16.4 Å². The van der Waals surface area contributed by atoms with Crippen LogP contribution in [0.3, 0.4) is 0 Å². The molecule has 144 valence electrons. The summed E-state index contributed by atoms with van der Waals surface area (Å²) >= 11 is 1.55. The molecule has 1 N–H and O–H groups in total. The average molecular weight is 417 g/mol. The van der Waals surface area contributed by atoms with Crippen molar-refractivity contribution in [2.75, 3.05) is 6.54 Å². The zero-order valence-corrected chi connectivity index (χ0v) is 15.3. The third-order valence-electron chi connectivity index (χ3n) is 3.46. The minimum absolute atomic E-state index is 0.0773. The van der Waals surface area contributed by atoms with E-state index in [2.05, 4.69) is 14.6 Å². The Balaban J connectivity index is 1.57. The van der Waals surface area contributed by atoms with E-state index >= 15 is 0 Å². The van der Waals surface area contributed by atoms with Crippen molar-refractivity contribution in [3.63, 3.8) is 0 Å². The zero-order valence-electron chi connectivity index (χ0n) is 13.7. The van der Waals surface area contributed by atoms with Crippen molar-refractivity contribution in [2.24, 2.45) is 0 Å². The lowest BCUT2D eigenvalue weighted by molar-refractivity contribution is -0.274. The van der Waals surface area contributed by atoms with E-state index in [4.69, 9.17) is 0 Å². The molecule has 0 saturated heterocycles. The van der Waals surface area contributed by atoms with Gasteiger partial charge in [-0.05, 0) is 41.8 Å². The first kappa shape index (κ1) is 19.4. The van der Waals surface area contributed by atoms with E-state index in [0.717, 1.165) is 35.5 Å². The average Bonchev–Trinajstić information content (AvgIpc) is 3.25. The summed E-state index contributed by atoms with van der Waals surface area (Å²) < 4.78 is 68.5. The number of hydrogen-bond donors (Lipinski definition) is 1. The molecule has 3 rings (SSSR count). The van der Waals surface area contributed by atoms with Crippen LogP contribution in [0.2, 0.25) is 0 Å². The van der Waals surface area contributed by atoms with Crippen LogP contribution in [0.5, 0.6) is 5.75 Å². The number of sulfonamides is 1. The van der Waals surface area contributed by atoms with E-state index in [0.29, 0.717) is 6.54 Å². The second-order valence-electron chi connectivity index (χ2n) is 5.39. The lowest BCUT2D eigenvalue weighted by Crippen LogP contribution is -2.27. The van der Waals surface area contributed by atoms with E-state index < -0.39 is 22.1 Å². The summed E-state index contributed by atoms with van der Waals surface area (Å²) in [6.07, 6.45) is -3.09. The maximum Gasteiger partial charge on any atom is 0.573 e. The van der Waals surface area contributed by atoms with Crippen LogP contribution in [-0.4, -0.2) is 31.1 Å². The molecule has 0 spiro atoms. The highest BCUT2D eigenvalue weighted by Crippen LogP contribution is 2.24. The lowest BCUT2D eigenvalue weighted by Gasteiger charge is -2.10. The molecule has 6 nitrogen and oxygen atoms in total. The first-order valence-corrected chi connectivity index (χ1v) is 10.1. The van der Waals surface area contributed by atoms with Gasteiger partial charge in [0.1, 0.15) is 5.75 Å². The molecule has 0 bridgehead atoms. The SMILES string of the molecule is O=S(=O)(NCCn1ccc(-c2ccsc2)n1)c1ccc(OC(F)(F)F)cc1. The van der Waals surface area contributed by atoms with Crippen LogP contribution in [0.4, 0.5) is 13.2 Å². The van der Waals surface area contributed by atoms with E-state index in [1.807, 2.05) is 22.9 Å². The van der Waals surface area contributed by atoms with Gasteiger partial charge < -0.3 is 4.74 Å². The molecule has 0 aliphatic heterocycles. The number of hydrogen-bond acceptors (Lipinski definition) is 5. The molecule has 1 aromatic carbocycles. The standard InChI is InChI=1S/C16H14F3N3O3S2/c17-16(18,19)25-13-1-3-14(4-2-13)27(23,24)20-7-9-22-8-5-15(21-22)12-6-10-26-11-12/h1-6,8,10-11,20H,7,9H2. The molecule has 11 heteroatoms. The van der Waals surface area contributed by atoms with Crippen LogP contribution >= 0.6 is 11.3 Å². The third-order valence-corrected chi connectivity index (χ3v) is 5.62. The van der Waals surface area contributed by atoms with Crippen LogP contribution in [0, 0.1) is 0 Å². The van der Waals surface area contributed by atoms with Crippen LogP contribution < -0.4 is 9.46 Å². The molecule has 0 saturated carbocycles. The number of halogens is 3. The van der Waals surface area contributed by atoms with Crippen LogP contribution in [0.25, 0.3) is 11.3 Å². The normalized spacial score (nSPS) is 12.3. The topological polar surface area (TPSA) is 73.2 Å². The Hall–Kier alpha value is -2.37. The summed E-state index contributed by atoms with van der Waals surface area (Å²) in [6.45, 7) is 0.381.